The van der Waals surface area contributed by atoms with Crippen LogP contribution >= 0.6 is 0 Å². The molecule has 1 aliphatic heterocycles. The Balaban J connectivity index is 1.73. The Hall–Kier alpha value is -2.83. The zero-order valence-corrected chi connectivity index (χ0v) is 15.3. The first-order chi connectivity index (χ1) is 12.4. The van der Waals surface area contributed by atoms with Crippen LogP contribution in [0, 0.1) is 6.92 Å². The third kappa shape index (κ3) is 3.42. The summed E-state index contributed by atoms with van der Waals surface area (Å²) in [7, 11) is 1.84. The molecule has 26 heavy (non-hydrogen) atoms. The number of rotatable bonds is 4. The molecule has 0 saturated carbocycles. The Morgan fingerprint density at radius 3 is 2.73 bits per heavy atom. The third-order valence-corrected chi connectivity index (χ3v) is 4.83. The number of nitrogens with one attached hydrogen (secondary N) is 1. The topological polar surface area (TPSA) is 87.5 Å². The zero-order chi connectivity index (χ0) is 18.8. The van der Waals surface area contributed by atoms with E-state index < -0.39 is 6.04 Å². The number of carbonyl (C=O) groups is 2. The van der Waals surface area contributed by atoms with Gasteiger partial charge in [-0.05, 0) is 38.8 Å². The second-order valence-electron chi connectivity index (χ2n) is 6.75. The van der Waals surface area contributed by atoms with Gasteiger partial charge in [-0.2, -0.15) is 5.10 Å². The molecule has 0 bridgehead atoms. The molecule has 138 valence electrons. The molecule has 1 aromatic carbocycles. The molecule has 1 aliphatic rings. The summed E-state index contributed by atoms with van der Waals surface area (Å²) in [6.45, 7) is 4.32. The normalized spacial score (nSPS) is 18.0. The molecule has 2 atom stereocenters. The van der Waals surface area contributed by atoms with Crippen molar-refractivity contribution in [3.05, 3.63) is 47.3 Å². The standard InChI is InChI=1S/C19H24N4O3/c1-12(15-11-22(3)21-13(15)2)20-18(25)16-8-6-10-23(16)19(26)14-7-4-5-9-17(14)24/h4-5,7,9,11-12,16,24H,6,8,10H2,1-3H3,(H,20,25). The van der Waals surface area contributed by atoms with Crippen LogP contribution in [0.25, 0.3) is 0 Å². The number of likely N-dealkylation sites (tertiary alicyclic amines) is 1. The Kier molecular flexibility index (Phi) is 4.97. The van der Waals surface area contributed by atoms with E-state index in [0.29, 0.717) is 13.0 Å². The molecule has 0 aliphatic carbocycles. The second kappa shape index (κ2) is 7.19. The monoisotopic (exact) mass is 356 g/mol. The highest BCUT2D eigenvalue weighted by atomic mass is 16.3. The van der Waals surface area contributed by atoms with Crippen molar-refractivity contribution in [2.24, 2.45) is 7.05 Å². The lowest BCUT2D eigenvalue weighted by atomic mass is 10.1. The molecule has 0 spiro atoms. The van der Waals surface area contributed by atoms with Crippen LogP contribution in [0.2, 0.25) is 0 Å². The molecule has 2 N–H and O–H groups in total. The summed E-state index contributed by atoms with van der Waals surface area (Å²) in [6.07, 6.45) is 3.27. The van der Waals surface area contributed by atoms with Crippen molar-refractivity contribution in [2.75, 3.05) is 6.54 Å². The first-order valence-electron chi connectivity index (χ1n) is 8.78. The summed E-state index contributed by atoms with van der Waals surface area (Å²) >= 11 is 0. The van der Waals surface area contributed by atoms with Crippen LogP contribution in [0.15, 0.2) is 30.5 Å². The number of benzene rings is 1. The molecule has 1 fully saturated rings. The predicted molar refractivity (Wildman–Crippen MR) is 96.7 cm³/mol. The van der Waals surface area contributed by atoms with E-state index in [1.54, 1.807) is 27.8 Å². The van der Waals surface area contributed by atoms with Crippen LogP contribution in [0.4, 0.5) is 0 Å². The van der Waals surface area contributed by atoms with Gasteiger partial charge in [0.1, 0.15) is 11.8 Å². The fraction of sp³-hybridized carbons (Fsp3) is 0.421. The molecular formula is C19H24N4O3. The molecule has 2 aromatic rings. The zero-order valence-electron chi connectivity index (χ0n) is 15.3. The lowest BCUT2D eigenvalue weighted by Crippen LogP contribution is -2.46. The molecular weight excluding hydrogens is 332 g/mol. The summed E-state index contributed by atoms with van der Waals surface area (Å²) in [5, 5.41) is 17.2. The first-order valence-corrected chi connectivity index (χ1v) is 8.78. The molecule has 0 radical (unpaired) electrons. The van der Waals surface area contributed by atoms with E-state index in [-0.39, 0.29) is 29.2 Å². The van der Waals surface area contributed by atoms with Gasteiger partial charge in [-0.3, -0.25) is 14.3 Å². The number of phenols is 1. The summed E-state index contributed by atoms with van der Waals surface area (Å²) < 4.78 is 1.72. The SMILES string of the molecule is Cc1nn(C)cc1C(C)NC(=O)C1CCCN1C(=O)c1ccccc1O. The van der Waals surface area contributed by atoms with Crippen molar-refractivity contribution in [3.63, 3.8) is 0 Å². The summed E-state index contributed by atoms with van der Waals surface area (Å²) in [5.41, 5.74) is 2.05. The third-order valence-electron chi connectivity index (χ3n) is 4.83. The van der Waals surface area contributed by atoms with Crippen molar-refractivity contribution >= 4 is 11.8 Å². The molecule has 1 aromatic heterocycles. The Bertz CT molecular complexity index is 830. The number of hydrogen-bond donors (Lipinski definition) is 2. The van der Waals surface area contributed by atoms with Gasteiger partial charge >= 0.3 is 0 Å². The van der Waals surface area contributed by atoms with Crippen molar-refractivity contribution in [1.82, 2.24) is 20.0 Å². The largest absolute Gasteiger partial charge is 0.507 e. The number of carbonyl (C=O) groups excluding carboxylic acids is 2. The minimum Gasteiger partial charge on any atom is -0.507 e. The fourth-order valence-corrected chi connectivity index (χ4v) is 3.52. The minimum atomic E-state index is -0.526. The van der Waals surface area contributed by atoms with E-state index in [9.17, 15) is 14.7 Å². The van der Waals surface area contributed by atoms with Crippen LogP contribution in [0.5, 0.6) is 5.75 Å². The quantitative estimate of drug-likeness (QED) is 0.876. The highest BCUT2D eigenvalue weighted by Gasteiger charge is 2.36. The number of aromatic hydroxyl groups is 1. The number of amides is 2. The maximum absolute atomic E-state index is 12.8. The van der Waals surface area contributed by atoms with Gasteiger partial charge in [0, 0.05) is 25.4 Å². The fourth-order valence-electron chi connectivity index (χ4n) is 3.52. The van der Waals surface area contributed by atoms with Crippen molar-refractivity contribution < 1.29 is 14.7 Å². The van der Waals surface area contributed by atoms with E-state index in [0.717, 1.165) is 17.7 Å². The van der Waals surface area contributed by atoms with Crippen molar-refractivity contribution in [2.45, 2.75) is 38.8 Å². The van der Waals surface area contributed by atoms with E-state index in [4.69, 9.17) is 0 Å². The Morgan fingerprint density at radius 2 is 2.08 bits per heavy atom. The van der Waals surface area contributed by atoms with Gasteiger partial charge in [0.15, 0.2) is 0 Å². The minimum absolute atomic E-state index is 0.0667. The molecule has 2 amide bonds. The van der Waals surface area contributed by atoms with Gasteiger partial charge in [-0.25, -0.2) is 0 Å². The van der Waals surface area contributed by atoms with E-state index in [1.165, 1.54) is 6.07 Å². The van der Waals surface area contributed by atoms with Gasteiger partial charge in [-0.1, -0.05) is 12.1 Å². The van der Waals surface area contributed by atoms with Gasteiger partial charge in [0.25, 0.3) is 5.91 Å². The van der Waals surface area contributed by atoms with Gasteiger partial charge < -0.3 is 15.3 Å². The molecule has 7 nitrogen and oxygen atoms in total. The number of hydrogen-bond acceptors (Lipinski definition) is 4. The first kappa shape index (κ1) is 18.0. The smallest absolute Gasteiger partial charge is 0.258 e. The van der Waals surface area contributed by atoms with Gasteiger partial charge in [0.05, 0.1) is 17.3 Å². The van der Waals surface area contributed by atoms with Crippen LogP contribution in [0.1, 0.15) is 47.4 Å². The van der Waals surface area contributed by atoms with Gasteiger partial charge in [0.2, 0.25) is 5.91 Å². The van der Waals surface area contributed by atoms with Crippen LogP contribution in [-0.4, -0.2) is 44.2 Å². The van der Waals surface area contributed by atoms with Crippen LogP contribution < -0.4 is 5.32 Å². The molecule has 1 saturated heterocycles. The van der Waals surface area contributed by atoms with E-state index >= 15 is 0 Å². The lowest BCUT2D eigenvalue weighted by molar-refractivity contribution is -0.125. The maximum Gasteiger partial charge on any atom is 0.258 e. The number of phenolic OH excluding ortho intramolecular Hbond substituents is 1. The highest BCUT2D eigenvalue weighted by molar-refractivity contribution is 5.99. The lowest BCUT2D eigenvalue weighted by Gasteiger charge is -2.25. The van der Waals surface area contributed by atoms with Crippen LogP contribution in [0.3, 0.4) is 0 Å². The number of aryl methyl sites for hydroxylation is 2. The van der Waals surface area contributed by atoms with E-state index in [2.05, 4.69) is 10.4 Å². The Morgan fingerprint density at radius 1 is 1.35 bits per heavy atom. The van der Waals surface area contributed by atoms with E-state index in [1.807, 2.05) is 27.1 Å². The average Bonchev–Trinajstić information content (AvgIpc) is 3.21. The number of para-hydroxylation sites is 1. The summed E-state index contributed by atoms with van der Waals surface area (Å²) in [4.78, 5) is 27.1. The number of aromatic nitrogens is 2. The Labute approximate surface area is 152 Å². The highest BCUT2D eigenvalue weighted by Crippen LogP contribution is 2.25. The summed E-state index contributed by atoms with van der Waals surface area (Å²) in [6, 6.07) is 5.70. The number of nitrogens with zero attached hydrogens (tertiary/aromatic N) is 3. The second-order valence-corrected chi connectivity index (χ2v) is 6.75. The molecule has 3 rings (SSSR count). The average molecular weight is 356 g/mol. The van der Waals surface area contributed by atoms with Gasteiger partial charge in [-0.15, -0.1) is 0 Å². The molecule has 7 heteroatoms. The van der Waals surface area contributed by atoms with Crippen molar-refractivity contribution in [3.8, 4) is 5.75 Å². The van der Waals surface area contributed by atoms with Crippen LogP contribution in [-0.2, 0) is 11.8 Å². The van der Waals surface area contributed by atoms with Crippen molar-refractivity contribution in [1.29, 1.82) is 0 Å². The molecule has 2 unspecified atom stereocenters. The maximum atomic E-state index is 12.8. The summed E-state index contributed by atoms with van der Waals surface area (Å²) in [5.74, 6) is -0.559. The molecule has 2 heterocycles. The predicted octanol–water partition coefficient (Wildman–Crippen LogP) is 1.92.